The molecule has 0 unspecified atom stereocenters. The van der Waals surface area contributed by atoms with Gasteiger partial charge in [0, 0.05) is 17.9 Å². The number of hydrogen-bond donors (Lipinski definition) is 0. The Morgan fingerprint density at radius 2 is 2.07 bits per heavy atom. The molecule has 2 saturated carbocycles. The van der Waals surface area contributed by atoms with Crippen LogP contribution in [0.15, 0.2) is 0 Å². The molecule has 0 saturated heterocycles. The molecule has 0 aromatic heterocycles. The van der Waals surface area contributed by atoms with Crippen molar-refractivity contribution in [2.24, 2.45) is 22.7 Å². The van der Waals surface area contributed by atoms with E-state index in [0.717, 1.165) is 6.42 Å². The van der Waals surface area contributed by atoms with E-state index in [1.807, 2.05) is 6.92 Å². The van der Waals surface area contributed by atoms with Crippen molar-refractivity contribution in [1.82, 2.24) is 0 Å². The van der Waals surface area contributed by atoms with Gasteiger partial charge in [0.05, 0.1) is 6.61 Å². The van der Waals surface area contributed by atoms with E-state index in [1.165, 1.54) is 6.42 Å². The maximum absolute atomic E-state index is 12.3. The van der Waals surface area contributed by atoms with Crippen LogP contribution < -0.4 is 0 Å². The standard InChI is InChI=1S/C13H22O2/c1-5-15-8-9-10-6-7-13(4,11(9)14)12(10,2)3/h9-10H,5-8H2,1-4H3/t9-,10-,13-/m0/s1. The van der Waals surface area contributed by atoms with Gasteiger partial charge in [0.1, 0.15) is 5.78 Å². The zero-order chi connectivity index (χ0) is 11.3. The monoisotopic (exact) mass is 210 g/mol. The van der Waals surface area contributed by atoms with E-state index >= 15 is 0 Å². The molecule has 15 heavy (non-hydrogen) atoms. The first-order valence-electron chi connectivity index (χ1n) is 6.07. The average molecular weight is 210 g/mol. The Balaban J connectivity index is 2.22. The predicted molar refractivity (Wildman–Crippen MR) is 59.6 cm³/mol. The average Bonchev–Trinajstić information content (AvgIpc) is 2.48. The summed E-state index contributed by atoms with van der Waals surface area (Å²) in [6.07, 6.45) is 2.28. The Hall–Kier alpha value is -0.370. The minimum atomic E-state index is -0.0839. The van der Waals surface area contributed by atoms with Crippen LogP contribution in [-0.2, 0) is 9.53 Å². The number of carbonyl (C=O) groups excluding carboxylic acids is 1. The van der Waals surface area contributed by atoms with E-state index in [1.54, 1.807) is 0 Å². The summed E-state index contributed by atoms with van der Waals surface area (Å²) < 4.78 is 5.46. The molecule has 0 aromatic rings. The predicted octanol–water partition coefficient (Wildman–Crippen LogP) is 2.66. The molecule has 2 bridgehead atoms. The number of ether oxygens (including phenoxy) is 1. The molecule has 2 aliphatic rings. The number of Topliss-reactive ketones (excluding diaryl/α,β-unsaturated/α-hetero) is 1. The Bertz CT molecular complexity index is 282. The molecular weight excluding hydrogens is 188 g/mol. The second kappa shape index (κ2) is 3.31. The van der Waals surface area contributed by atoms with E-state index < -0.39 is 0 Å². The molecule has 0 spiro atoms. The third kappa shape index (κ3) is 1.24. The number of ketones is 1. The van der Waals surface area contributed by atoms with Crippen LogP contribution in [0.4, 0.5) is 0 Å². The van der Waals surface area contributed by atoms with Crippen LogP contribution in [0.1, 0.15) is 40.5 Å². The Morgan fingerprint density at radius 1 is 1.40 bits per heavy atom. The van der Waals surface area contributed by atoms with Crippen molar-refractivity contribution in [3.05, 3.63) is 0 Å². The largest absolute Gasteiger partial charge is 0.381 e. The van der Waals surface area contributed by atoms with Crippen molar-refractivity contribution < 1.29 is 9.53 Å². The Morgan fingerprint density at radius 3 is 2.53 bits per heavy atom. The molecule has 2 aliphatic carbocycles. The summed E-state index contributed by atoms with van der Waals surface area (Å²) >= 11 is 0. The lowest BCUT2D eigenvalue weighted by atomic mass is 9.70. The highest BCUT2D eigenvalue weighted by Crippen LogP contribution is 2.65. The summed E-state index contributed by atoms with van der Waals surface area (Å²) in [5, 5.41) is 0. The first-order valence-corrected chi connectivity index (χ1v) is 6.07. The zero-order valence-corrected chi connectivity index (χ0v) is 10.3. The van der Waals surface area contributed by atoms with Crippen LogP contribution in [-0.4, -0.2) is 19.0 Å². The van der Waals surface area contributed by atoms with Gasteiger partial charge in [-0.05, 0) is 31.1 Å². The molecule has 2 nitrogen and oxygen atoms in total. The van der Waals surface area contributed by atoms with Gasteiger partial charge in [-0.2, -0.15) is 0 Å². The fraction of sp³-hybridized carbons (Fsp3) is 0.923. The zero-order valence-electron chi connectivity index (χ0n) is 10.3. The molecule has 2 heteroatoms. The Kier molecular flexibility index (Phi) is 2.45. The minimum Gasteiger partial charge on any atom is -0.381 e. The summed E-state index contributed by atoms with van der Waals surface area (Å²) in [6.45, 7) is 10.0. The maximum Gasteiger partial charge on any atom is 0.144 e. The SMILES string of the molecule is CCOC[C@@H]1C(=O)[C@]2(C)CC[C@@H]1C2(C)C. The highest BCUT2D eigenvalue weighted by Gasteiger charge is 2.65. The Labute approximate surface area is 92.4 Å². The fourth-order valence-corrected chi connectivity index (χ4v) is 3.71. The molecule has 0 aromatic carbocycles. The van der Waals surface area contributed by atoms with Crippen LogP contribution in [0.2, 0.25) is 0 Å². The fourth-order valence-electron chi connectivity index (χ4n) is 3.71. The topological polar surface area (TPSA) is 26.3 Å². The third-order valence-corrected chi connectivity index (χ3v) is 5.17. The molecular formula is C13H22O2. The van der Waals surface area contributed by atoms with Crippen molar-refractivity contribution in [3.8, 4) is 0 Å². The van der Waals surface area contributed by atoms with E-state index in [0.29, 0.717) is 24.9 Å². The first kappa shape index (κ1) is 11.1. The van der Waals surface area contributed by atoms with Gasteiger partial charge in [-0.25, -0.2) is 0 Å². The van der Waals surface area contributed by atoms with Crippen molar-refractivity contribution in [2.45, 2.75) is 40.5 Å². The van der Waals surface area contributed by atoms with Gasteiger partial charge in [-0.15, -0.1) is 0 Å². The van der Waals surface area contributed by atoms with Gasteiger partial charge in [-0.3, -0.25) is 4.79 Å². The highest BCUT2D eigenvalue weighted by atomic mass is 16.5. The van der Waals surface area contributed by atoms with Gasteiger partial charge in [0.15, 0.2) is 0 Å². The molecule has 0 aliphatic heterocycles. The molecule has 2 rings (SSSR count). The van der Waals surface area contributed by atoms with Crippen molar-refractivity contribution in [1.29, 1.82) is 0 Å². The summed E-state index contributed by atoms with van der Waals surface area (Å²) in [4.78, 5) is 12.3. The van der Waals surface area contributed by atoms with E-state index in [2.05, 4.69) is 20.8 Å². The quantitative estimate of drug-likeness (QED) is 0.716. The van der Waals surface area contributed by atoms with E-state index in [9.17, 15) is 4.79 Å². The third-order valence-electron chi connectivity index (χ3n) is 5.17. The van der Waals surface area contributed by atoms with Gasteiger partial charge >= 0.3 is 0 Å². The van der Waals surface area contributed by atoms with Crippen LogP contribution in [0, 0.1) is 22.7 Å². The van der Waals surface area contributed by atoms with Crippen molar-refractivity contribution in [3.63, 3.8) is 0 Å². The normalized spacial score (nSPS) is 42.5. The molecule has 3 atom stereocenters. The lowest BCUT2D eigenvalue weighted by Gasteiger charge is -2.32. The number of fused-ring (bicyclic) bond motifs is 2. The lowest BCUT2D eigenvalue weighted by molar-refractivity contribution is -0.133. The smallest absolute Gasteiger partial charge is 0.144 e. The van der Waals surface area contributed by atoms with Gasteiger partial charge in [0.25, 0.3) is 0 Å². The van der Waals surface area contributed by atoms with Crippen LogP contribution in [0.5, 0.6) is 0 Å². The van der Waals surface area contributed by atoms with Crippen LogP contribution >= 0.6 is 0 Å². The second-order valence-electron chi connectivity index (χ2n) is 5.83. The molecule has 2 fully saturated rings. The van der Waals surface area contributed by atoms with E-state index in [4.69, 9.17) is 4.74 Å². The molecule has 0 N–H and O–H groups in total. The minimum absolute atomic E-state index is 0.0839. The number of rotatable bonds is 3. The highest BCUT2D eigenvalue weighted by molar-refractivity contribution is 5.91. The van der Waals surface area contributed by atoms with Gasteiger partial charge < -0.3 is 4.74 Å². The van der Waals surface area contributed by atoms with Crippen LogP contribution in [0.3, 0.4) is 0 Å². The van der Waals surface area contributed by atoms with Gasteiger partial charge in [-0.1, -0.05) is 20.8 Å². The molecule has 86 valence electrons. The summed E-state index contributed by atoms with van der Waals surface area (Å²) in [6, 6.07) is 0. The molecule has 0 amide bonds. The first-order chi connectivity index (χ1) is 6.95. The summed E-state index contributed by atoms with van der Waals surface area (Å²) in [5.41, 5.74) is 0.0886. The summed E-state index contributed by atoms with van der Waals surface area (Å²) in [7, 11) is 0. The van der Waals surface area contributed by atoms with Crippen LogP contribution in [0.25, 0.3) is 0 Å². The molecule has 0 radical (unpaired) electrons. The molecule has 0 heterocycles. The second-order valence-corrected chi connectivity index (χ2v) is 5.83. The van der Waals surface area contributed by atoms with E-state index in [-0.39, 0.29) is 16.7 Å². The van der Waals surface area contributed by atoms with Crippen molar-refractivity contribution >= 4 is 5.78 Å². The maximum atomic E-state index is 12.3. The number of hydrogen-bond acceptors (Lipinski definition) is 2. The number of carbonyl (C=O) groups is 1. The summed E-state index contributed by atoms with van der Waals surface area (Å²) in [5.74, 6) is 1.16. The lowest BCUT2D eigenvalue weighted by Crippen LogP contribution is -2.34. The van der Waals surface area contributed by atoms with Crippen molar-refractivity contribution in [2.75, 3.05) is 13.2 Å². The van der Waals surface area contributed by atoms with Gasteiger partial charge in [0.2, 0.25) is 0 Å².